The number of hydrogen-bond acceptors (Lipinski definition) is 4. The highest BCUT2D eigenvalue weighted by Crippen LogP contribution is 2.35. The van der Waals surface area contributed by atoms with Crippen LogP contribution in [-0.4, -0.2) is 54.0 Å². The second-order valence-electron chi connectivity index (χ2n) is 7.76. The van der Waals surface area contributed by atoms with Crippen LogP contribution in [0, 0.1) is 17.8 Å². The summed E-state index contributed by atoms with van der Waals surface area (Å²) < 4.78 is 5.84. The minimum absolute atomic E-state index is 0.0350. The van der Waals surface area contributed by atoms with E-state index in [1.54, 1.807) is 11.1 Å². The Bertz CT molecular complexity index is 671. The third-order valence-electron chi connectivity index (χ3n) is 5.91. The lowest BCUT2D eigenvalue weighted by atomic mass is 9.82. The second-order valence-corrected chi connectivity index (χ2v) is 7.76. The van der Waals surface area contributed by atoms with Gasteiger partial charge in [-0.05, 0) is 43.7 Å². The van der Waals surface area contributed by atoms with Crippen molar-refractivity contribution in [1.29, 1.82) is 0 Å². The first-order chi connectivity index (χ1) is 12.7. The number of likely N-dealkylation sites (tertiary alicyclic amines) is 1. The van der Waals surface area contributed by atoms with Crippen LogP contribution in [0.4, 0.5) is 0 Å². The van der Waals surface area contributed by atoms with E-state index in [0.717, 1.165) is 25.1 Å². The second kappa shape index (κ2) is 7.35. The molecule has 0 radical (unpaired) electrons. The lowest BCUT2D eigenvalue weighted by Gasteiger charge is -2.39. The Morgan fingerprint density at radius 1 is 1.27 bits per heavy atom. The van der Waals surface area contributed by atoms with Crippen molar-refractivity contribution in [3.05, 3.63) is 29.6 Å². The highest BCUT2D eigenvalue weighted by Gasteiger charge is 2.45. The van der Waals surface area contributed by atoms with Gasteiger partial charge in [0.1, 0.15) is 0 Å². The SMILES string of the molecule is CCc1ccc(C(=O)N2C[C@H]3OCC[C@H]3[C@H](C(=O)NCC3CC3)C2)cn1. The van der Waals surface area contributed by atoms with Gasteiger partial charge in [0.15, 0.2) is 0 Å². The molecular weight excluding hydrogens is 330 g/mol. The largest absolute Gasteiger partial charge is 0.376 e. The Labute approximate surface area is 154 Å². The summed E-state index contributed by atoms with van der Waals surface area (Å²) in [5.74, 6) is 0.711. The van der Waals surface area contributed by atoms with Gasteiger partial charge in [-0.2, -0.15) is 0 Å². The maximum Gasteiger partial charge on any atom is 0.255 e. The zero-order valence-electron chi connectivity index (χ0n) is 15.3. The number of amides is 2. The predicted molar refractivity (Wildman–Crippen MR) is 96.6 cm³/mol. The number of aryl methyl sites for hydroxylation is 1. The summed E-state index contributed by atoms with van der Waals surface area (Å²) in [6, 6.07) is 3.73. The van der Waals surface area contributed by atoms with Gasteiger partial charge in [0.25, 0.3) is 5.91 Å². The van der Waals surface area contributed by atoms with Crippen molar-refractivity contribution in [2.24, 2.45) is 17.8 Å². The fraction of sp³-hybridized carbons (Fsp3) is 0.650. The molecule has 0 bridgehead atoms. The molecular formula is C20H27N3O3. The molecule has 1 aromatic heterocycles. The van der Waals surface area contributed by atoms with Gasteiger partial charge < -0.3 is 15.0 Å². The van der Waals surface area contributed by atoms with E-state index in [-0.39, 0.29) is 29.8 Å². The van der Waals surface area contributed by atoms with Crippen LogP contribution < -0.4 is 5.32 Å². The molecule has 3 heterocycles. The number of nitrogens with one attached hydrogen (secondary N) is 1. The van der Waals surface area contributed by atoms with Gasteiger partial charge in [0.05, 0.1) is 17.6 Å². The average molecular weight is 357 g/mol. The van der Waals surface area contributed by atoms with E-state index in [1.165, 1.54) is 12.8 Å². The number of nitrogens with zero attached hydrogens (tertiary/aromatic N) is 2. The van der Waals surface area contributed by atoms with Crippen molar-refractivity contribution in [3.8, 4) is 0 Å². The van der Waals surface area contributed by atoms with Crippen LogP contribution in [0.1, 0.15) is 42.2 Å². The van der Waals surface area contributed by atoms with E-state index in [4.69, 9.17) is 4.74 Å². The lowest BCUT2D eigenvalue weighted by Crippen LogP contribution is -2.54. The molecule has 2 amide bonds. The zero-order valence-corrected chi connectivity index (χ0v) is 15.3. The first kappa shape index (κ1) is 17.5. The predicted octanol–water partition coefficient (Wildman–Crippen LogP) is 1.65. The van der Waals surface area contributed by atoms with Crippen molar-refractivity contribution >= 4 is 11.8 Å². The van der Waals surface area contributed by atoms with Gasteiger partial charge in [0, 0.05) is 44.0 Å². The summed E-state index contributed by atoms with van der Waals surface area (Å²) in [6.45, 7) is 4.51. The van der Waals surface area contributed by atoms with Crippen LogP contribution >= 0.6 is 0 Å². The van der Waals surface area contributed by atoms with Crippen LogP contribution in [-0.2, 0) is 16.0 Å². The summed E-state index contributed by atoms with van der Waals surface area (Å²) in [5, 5.41) is 3.10. The minimum Gasteiger partial charge on any atom is -0.376 e. The number of carbonyl (C=O) groups excluding carboxylic acids is 2. The standard InChI is InChI=1S/C20H27N3O3/c1-2-15-6-5-14(10-21-15)20(25)23-11-17(16-7-8-26-18(16)12-23)19(24)22-9-13-3-4-13/h5-6,10,13,16-18H,2-4,7-9,11-12H2,1H3,(H,22,24)/t16-,17+,18+/m0/s1. The number of carbonyl (C=O) groups is 2. The van der Waals surface area contributed by atoms with E-state index in [2.05, 4.69) is 10.3 Å². The van der Waals surface area contributed by atoms with E-state index >= 15 is 0 Å². The molecule has 2 aliphatic heterocycles. The Kier molecular flexibility index (Phi) is 4.94. The van der Waals surface area contributed by atoms with Gasteiger partial charge >= 0.3 is 0 Å². The molecule has 2 saturated heterocycles. The van der Waals surface area contributed by atoms with Crippen LogP contribution in [0.15, 0.2) is 18.3 Å². The molecule has 6 heteroatoms. The minimum atomic E-state index is -0.179. The maximum absolute atomic E-state index is 12.9. The molecule has 26 heavy (non-hydrogen) atoms. The van der Waals surface area contributed by atoms with Gasteiger partial charge in [-0.15, -0.1) is 0 Å². The summed E-state index contributed by atoms with van der Waals surface area (Å²) in [6.07, 6.45) is 5.79. The molecule has 1 N–H and O–H groups in total. The topological polar surface area (TPSA) is 71.5 Å². The van der Waals surface area contributed by atoms with Crippen molar-refractivity contribution < 1.29 is 14.3 Å². The Morgan fingerprint density at radius 2 is 2.12 bits per heavy atom. The van der Waals surface area contributed by atoms with Crippen LogP contribution in [0.3, 0.4) is 0 Å². The number of aromatic nitrogens is 1. The molecule has 4 rings (SSSR count). The van der Waals surface area contributed by atoms with Gasteiger partial charge in [0.2, 0.25) is 5.91 Å². The maximum atomic E-state index is 12.9. The Balaban J connectivity index is 1.46. The number of rotatable bonds is 5. The van der Waals surface area contributed by atoms with Gasteiger partial charge in [-0.1, -0.05) is 6.92 Å². The molecule has 6 nitrogen and oxygen atoms in total. The van der Waals surface area contributed by atoms with E-state index in [9.17, 15) is 9.59 Å². The van der Waals surface area contributed by atoms with Gasteiger partial charge in [-0.3, -0.25) is 14.6 Å². The van der Waals surface area contributed by atoms with Crippen molar-refractivity contribution in [1.82, 2.24) is 15.2 Å². The average Bonchev–Trinajstić information content (AvgIpc) is 3.39. The molecule has 3 fully saturated rings. The fourth-order valence-electron chi connectivity index (χ4n) is 4.06. The van der Waals surface area contributed by atoms with Crippen LogP contribution in [0.25, 0.3) is 0 Å². The molecule has 0 spiro atoms. The number of hydrogen-bond donors (Lipinski definition) is 1. The molecule has 1 aromatic rings. The summed E-state index contributed by atoms with van der Waals surface area (Å²) in [7, 11) is 0. The quantitative estimate of drug-likeness (QED) is 0.870. The number of piperidine rings is 1. The van der Waals surface area contributed by atoms with E-state index < -0.39 is 0 Å². The number of ether oxygens (including phenoxy) is 1. The molecule has 0 unspecified atom stereocenters. The third-order valence-corrected chi connectivity index (χ3v) is 5.91. The molecule has 3 atom stereocenters. The zero-order chi connectivity index (χ0) is 18.1. The summed E-state index contributed by atoms with van der Waals surface area (Å²) in [5.41, 5.74) is 1.55. The molecule has 1 saturated carbocycles. The van der Waals surface area contributed by atoms with Gasteiger partial charge in [-0.25, -0.2) is 0 Å². The first-order valence-electron chi connectivity index (χ1n) is 9.79. The summed E-state index contributed by atoms with van der Waals surface area (Å²) in [4.78, 5) is 31.8. The van der Waals surface area contributed by atoms with Crippen LogP contribution in [0.2, 0.25) is 0 Å². The molecule has 3 aliphatic rings. The first-order valence-corrected chi connectivity index (χ1v) is 9.79. The van der Waals surface area contributed by atoms with Crippen LogP contribution in [0.5, 0.6) is 0 Å². The smallest absolute Gasteiger partial charge is 0.255 e. The lowest BCUT2D eigenvalue weighted by molar-refractivity contribution is -0.130. The Morgan fingerprint density at radius 3 is 2.81 bits per heavy atom. The third kappa shape index (κ3) is 3.61. The van der Waals surface area contributed by atoms with Crippen molar-refractivity contribution in [3.63, 3.8) is 0 Å². The van der Waals surface area contributed by atoms with E-state index in [0.29, 0.717) is 31.2 Å². The van der Waals surface area contributed by atoms with Crippen molar-refractivity contribution in [2.75, 3.05) is 26.2 Å². The normalized spacial score (nSPS) is 27.9. The fourth-order valence-corrected chi connectivity index (χ4v) is 4.06. The highest BCUT2D eigenvalue weighted by molar-refractivity contribution is 5.94. The monoisotopic (exact) mass is 357 g/mol. The molecule has 140 valence electrons. The highest BCUT2D eigenvalue weighted by atomic mass is 16.5. The summed E-state index contributed by atoms with van der Waals surface area (Å²) >= 11 is 0. The Hall–Kier alpha value is -1.95. The molecule has 0 aromatic carbocycles. The van der Waals surface area contributed by atoms with Crippen molar-refractivity contribution in [2.45, 2.75) is 38.7 Å². The van der Waals surface area contributed by atoms with E-state index in [1.807, 2.05) is 19.1 Å². The number of pyridine rings is 1. The molecule has 1 aliphatic carbocycles. The number of fused-ring (bicyclic) bond motifs is 1.